The molecule has 2 atom stereocenters. The topological polar surface area (TPSA) is 70.7 Å². The number of hydrogen-bond donors (Lipinski definition) is 2. The van der Waals surface area contributed by atoms with Crippen LogP contribution in [0.4, 0.5) is 0 Å². The molecule has 1 aromatic carbocycles. The molecule has 2 N–H and O–H groups in total. The van der Waals surface area contributed by atoms with Crippen LogP contribution in [-0.2, 0) is 0 Å². The van der Waals surface area contributed by atoms with Gasteiger partial charge >= 0.3 is 0 Å². The number of aromatic nitrogens is 3. The molecule has 1 aliphatic rings. The lowest BCUT2D eigenvalue weighted by Crippen LogP contribution is -2.41. The Morgan fingerprint density at radius 2 is 1.95 bits per heavy atom. The molecule has 0 spiro atoms. The standard InChI is InChI=1S/C16H20N4O/c1-11-7-5-6-10-13(11)17-16(21)15-14(18-20-19-15)12-8-3-2-4-9-12/h2-4,8-9,11,13H,5-7,10H2,1H3,(H,17,21)(H,18,19,20)/t11-,13-/m1/s1. The van der Waals surface area contributed by atoms with Crippen LogP contribution in [0.25, 0.3) is 11.3 Å². The van der Waals surface area contributed by atoms with Crippen LogP contribution in [0.15, 0.2) is 30.3 Å². The molecular formula is C16H20N4O. The largest absolute Gasteiger partial charge is 0.348 e. The van der Waals surface area contributed by atoms with Gasteiger partial charge in [0, 0.05) is 11.6 Å². The second kappa shape index (κ2) is 6.08. The normalized spacial score (nSPS) is 22.0. The van der Waals surface area contributed by atoms with Crippen molar-refractivity contribution in [3.05, 3.63) is 36.0 Å². The summed E-state index contributed by atoms with van der Waals surface area (Å²) >= 11 is 0. The number of amides is 1. The Bertz CT molecular complexity index is 608. The van der Waals surface area contributed by atoms with Crippen molar-refractivity contribution in [3.8, 4) is 11.3 Å². The third-order valence-corrected chi connectivity index (χ3v) is 4.24. The molecule has 2 aromatic rings. The van der Waals surface area contributed by atoms with Gasteiger partial charge in [0.25, 0.3) is 5.91 Å². The van der Waals surface area contributed by atoms with Crippen LogP contribution in [0.2, 0.25) is 0 Å². The zero-order chi connectivity index (χ0) is 14.7. The average molecular weight is 284 g/mol. The Labute approximate surface area is 124 Å². The van der Waals surface area contributed by atoms with Crippen LogP contribution in [-0.4, -0.2) is 27.4 Å². The van der Waals surface area contributed by atoms with E-state index >= 15 is 0 Å². The van der Waals surface area contributed by atoms with E-state index in [1.165, 1.54) is 19.3 Å². The van der Waals surface area contributed by atoms with Crippen LogP contribution in [0.3, 0.4) is 0 Å². The maximum Gasteiger partial charge on any atom is 0.274 e. The highest BCUT2D eigenvalue weighted by molar-refractivity contribution is 5.98. The van der Waals surface area contributed by atoms with Crippen molar-refractivity contribution in [3.63, 3.8) is 0 Å². The van der Waals surface area contributed by atoms with E-state index < -0.39 is 0 Å². The Morgan fingerprint density at radius 3 is 2.71 bits per heavy atom. The highest BCUT2D eigenvalue weighted by atomic mass is 16.2. The molecule has 1 aliphatic carbocycles. The molecule has 0 unspecified atom stereocenters. The number of H-pyrrole nitrogens is 1. The fraction of sp³-hybridized carbons (Fsp3) is 0.438. The summed E-state index contributed by atoms with van der Waals surface area (Å²) in [6.07, 6.45) is 4.66. The first-order valence-electron chi connectivity index (χ1n) is 7.53. The number of carbonyl (C=O) groups is 1. The second-order valence-corrected chi connectivity index (χ2v) is 5.73. The molecule has 1 aromatic heterocycles. The number of carbonyl (C=O) groups excluding carboxylic acids is 1. The molecule has 1 amide bonds. The van der Waals surface area contributed by atoms with Crippen molar-refractivity contribution < 1.29 is 4.79 Å². The molecule has 1 heterocycles. The summed E-state index contributed by atoms with van der Waals surface area (Å²) in [7, 11) is 0. The van der Waals surface area contributed by atoms with Gasteiger partial charge in [-0.2, -0.15) is 15.4 Å². The highest BCUT2D eigenvalue weighted by Gasteiger charge is 2.25. The predicted octanol–water partition coefficient (Wildman–Crippen LogP) is 2.78. The molecule has 1 saturated carbocycles. The first-order chi connectivity index (χ1) is 10.3. The molecule has 110 valence electrons. The van der Waals surface area contributed by atoms with E-state index in [1.807, 2.05) is 30.3 Å². The molecule has 3 rings (SSSR count). The molecule has 0 bridgehead atoms. The van der Waals surface area contributed by atoms with Crippen molar-refractivity contribution in [1.29, 1.82) is 0 Å². The molecule has 0 aliphatic heterocycles. The zero-order valence-corrected chi connectivity index (χ0v) is 12.2. The molecule has 21 heavy (non-hydrogen) atoms. The maximum atomic E-state index is 12.5. The molecular weight excluding hydrogens is 264 g/mol. The van der Waals surface area contributed by atoms with Crippen LogP contribution >= 0.6 is 0 Å². The second-order valence-electron chi connectivity index (χ2n) is 5.73. The van der Waals surface area contributed by atoms with E-state index in [9.17, 15) is 4.79 Å². The number of nitrogens with one attached hydrogen (secondary N) is 2. The molecule has 5 heteroatoms. The third kappa shape index (κ3) is 2.96. The minimum Gasteiger partial charge on any atom is -0.348 e. The first kappa shape index (κ1) is 13.8. The number of nitrogens with zero attached hydrogens (tertiary/aromatic N) is 2. The summed E-state index contributed by atoms with van der Waals surface area (Å²) in [4.78, 5) is 12.5. The van der Waals surface area contributed by atoms with Gasteiger partial charge in [-0.1, -0.05) is 50.1 Å². The fourth-order valence-electron chi connectivity index (χ4n) is 2.95. The number of hydrogen-bond acceptors (Lipinski definition) is 3. The van der Waals surface area contributed by atoms with Gasteiger partial charge in [0.2, 0.25) is 0 Å². The number of benzene rings is 1. The Hall–Kier alpha value is -2.17. The van der Waals surface area contributed by atoms with Gasteiger partial charge in [-0.25, -0.2) is 0 Å². The molecule has 0 radical (unpaired) electrons. The van der Waals surface area contributed by atoms with Gasteiger partial charge in [0.05, 0.1) is 0 Å². The lowest BCUT2D eigenvalue weighted by molar-refractivity contribution is 0.0906. The summed E-state index contributed by atoms with van der Waals surface area (Å²) in [5.74, 6) is 0.385. The summed E-state index contributed by atoms with van der Waals surface area (Å²) in [6.45, 7) is 2.20. The lowest BCUT2D eigenvalue weighted by atomic mass is 9.86. The summed E-state index contributed by atoms with van der Waals surface area (Å²) in [6, 6.07) is 9.89. The summed E-state index contributed by atoms with van der Waals surface area (Å²) < 4.78 is 0. The van der Waals surface area contributed by atoms with Crippen LogP contribution in [0.5, 0.6) is 0 Å². The van der Waals surface area contributed by atoms with Crippen molar-refractivity contribution in [2.45, 2.75) is 38.6 Å². The fourth-order valence-corrected chi connectivity index (χ4v) is 2.95. The predicted molar refractivity (Wildman–Crippen MR) is 80.7 cm³/mol. The zero-order valence-electron chi connectivity index (χ0n) is 12.2. The molecule has 5 nitrogen and oxygen atoms in total. The lowest BCUT2D eigenvalue weighted by Gasteiger charge is -2.29. The maximum absolute atomic E-state index is 12.5. The van der Waals surface area contributed by atoms with E-state index in [0.29, 0.717) is 17.3 Å². The quantitative estimate of drug-likeness (QED) is 0.910. The van der Waals surface area contributed by atoms with Gasteiger partial charge < -0.3 is 5.32 Å². The van der Waals surface area contributed by atoms with E-state index in [0.717, 1.165) is 12.0 Å². The van der Waals surface area contributed by atoms with Gasteiger partial charge in [-0.15, -0.1) is 0 Å². The Kier molecular flexibility index (Phi) is 3.99. The SMILES string of the molecule is C[C@@H]1CCCC[C@H]1NC(=O)c1n[nH]nc1-c1ccccc1. The van der Waals surface area contributed by atoms with Crippen molar-refractivity contribution in [2.24, 2.45) is 5.92 Å². The van der Waals surface area contributed by atoms with Gasteiger partial charge in [0.15, 0.2) is 5.69 Å². The minimum absolute atomic E-state index is 0.138. The third-order valence-electron chi connectivity index (χ3n) is 4.24. The van der Waals surface area contributed by atoms with E-state index in [-0.39, 0.29) is 11.9 Å². The van der Waals surface area contributed by atoms with Crippen molar-refractivity contribution >= 4 is 5.91 Å². The summed E-state index contributed by atoms with van der Waals surface area (Å²) in [5, 5.41) is 13.8. The molecule has 1 fully saturated rings. The highest BCUT2D eigenvalue weighted by Crippen LogP contribution is 2.25. The Morgan fingerprint density at radius 1 is 1.19 bits per heavy atom. The van der Waals surface area contributed by atoms with Gasteiger partial charge in [-0.05, 0) is 18.8 Å². The number of aromatic amines is 1. The Balaban J connectivity index is 1.78. The monoisotopic (exact) mass is 284 g/mol. The first-order valence-corrected chi connectivity index (χ1v) is 7.53. The van der Waals surface area contributed by atoms with Gasteiger partial charge in [0.1, 0.15) is 5.69 Å². The molecule has 0 saturated heterocycles. The smallest absolute Gasteiger partial charge is 0.274 e. The van der Waals surface area contributed by atoms with Crippen LogP contribution < -0.4 is 5.32 Å². The van der Waals surface area contributed by atoms with E-state index in [1.54, 1.807) is 0 Å². The van der Waals surface area contributed by atoms with E-state index in [2.05, 4.69) is 27.7 Å². The van der Waals surface area contributed by atoms with Gasteiger partial charge in [-0.3, -0.25) is 4.79 Å². The average Bonchev–Trinajstić information content (AvgIpc) is 3.00. The van der Waals surface area contributed by atoms with E-state index in [4.69, 9.17) is 0 Å². The van der Waals surface area contributed by atoms with Crippen LogP contribution in [0.1, 0.15) is 43.1 Å². The number of rotatable bonds is 3. The minimum atomic E-state index is -0.138. The van der Waals surface area contributed by atoms with Crippen molar-refractivity contribution in [1.82, 2.24) is 20.7 Å². The van der Waals surface area contributed by atoms with Crippen LogP contribution in [0, 0.1) is 5.92 Å². The summed E-state index contributed by atoms with van der Waals surface area (Å²) in [5.41, 5.74) is 1.88. The van der Waals surface area contributed by atoms with Crippen molar-refractivity contribution in [2.75, 3.05) is 0 Å².